The van der Waals surface area contributed by atoms with Gasteiger partial charge in [0.1, 0.15) is 0 Å². The van der Waals surface area contributed by atoms with Gasteiger partial charge in [-0.25, -0.2) is 0 Å². The van der Waals surface area contributed by atoms with Crippen LogP contribution in [0.4, 0.5) is 0 Å². The molecule has 20 heavy (non-hydrogen) atoms. The lowest BCUT2D eigenvalue weighted by molar-refractivity contribution is 0.222. The standard InChI is InChI=1S/C13H22N2O3S2/c1-10(2)14(3)20(17,18)15-6-12(8-16)13(7-15)11-4-5-19-9-11/h4-5,9-10,12-13,16H,6-8H2,1-3H3/t12-,13-/m1/s1. The molecule has 1 fully saturated rings. The number of thiophene rings is 1. The average molecular weight is 318 g/mol. The number of rotatable bonds is 5. The van der Waals surface area contributed by atoms with E-state index in [0.29, 0.717) is 13.1 Å². The van der Waals surface area contributed by atoms with Crippen LogP contribution < -0.4 is 0 Å². The van der Waals surface area contributed by atoms with Crippen molar-refractivity contribution in [2.24, 2.45) is 5.92 Å². The molecule has 0 unspecified atom stereocenters. The van der Waals surface area contributed by atoms with Gasteiger partial charge in [-0.3, -0.25) is 0 Å². The van der Waals surface area contributed by atoms with Crippen molar-refractivity contribution in [1.82, 2.24) is 8.61 Å². The van der Waals surface area contributed by atoms with Gasteiger partial charge in [0.25, 0.3) is 10.2 Å². The molecule has 2 atom stereocenters. The number of nitrogens with zero attached hydrogens (tertiary/aromatic N) is 2. The van der Waals surface area contributed by atoms with E-state index in [0.717, 1.165) is 5.56 Å². The minimum absolute atomic E-state index is 0.0118. The second kappa shape index (κ2) is 6.11. The Kier molecular flexibility index (Phi) is 4.86. The fraction of sp³-hybridized carbons (Fsp3) is 0.692. The Bertz CT molecular complexity index is 528. The van der Waals surface area contributed by atoms with Crippen LogP contribution in [0.25, 0.3) is 0 Å². The van der Waals surface area contributed by atoms with E-state index in [1.165, 1.54) is 8.61 Å². The molecular formula is C13H22N2O3S2. The summed E-state index contributed by atoms with van der Waals surface area (Å²) in [5.74, 6) is 0.0570. The summed E-state index contributed by atoms with van der Waals surface area (Å²) in [7, 11) is -1.84. The fourth-order valence-electron chi connectivity index (χ4n) is 2.52. The van der Waals surface area contributed by atoms with E-state index in [2.05, 4.69) is 0 Å². The van der Waals surface area contributed by atoms with Crippen LogP contribution in [0.2, 0.25) is 0 Å². The first-order valence-electron chi connectivity index (χ1n) is 6.74. The fourth-order valence-corrected chi connectivity index (χ4v) is 4.87. The summed E-state index contributed by atoms with van der Waals surface area (Å²) >= 11 is 1.60. The van der Waals surface area contributed by atoms with E-state index < -0.39 is 10.2 Å². The molecule has 2 heterocycles. The van der Waals surface area contributed by atoms with Crippen LogP contribution in [-0.2, 0) is 10.2 Å². The quantitative estimate of drug-likeness (QED) is 0.891. The summed E-state index contributed by atoms with van der Waals surface area (Å²) in [5, 5.41) is 13.6. The summed E-state index contributed by atoms with van der Waals surface area (Å²) < 4.78 is 27.9. The molecule has 2 rings (SSSR count). The Morgan fingerprint density at radius 3 is 2.70 bits per heavy atom. The van der Waals surface area contributed by atoms with Gasteiger partial charge in [0.2, 0.25) is 0 Å². The molecule has 0 amide bonds. The van der Waals surface area contributed by atoms with E-state index in [9.17, 15) is 13.5 Å². The Hall–Kier alpha value is -0.470. The average Bonchev–Trinajstić information content (AvgIpc) is 3.05. The molecule has 1 aliphatic heterocycles. The maximum Gasteiger partial charge on any atom is 0.281 e. The first-order valence-corrected chi connectivity index (χ1v) is 9.08. The lowest BCUT2D eigenvalue weighted by Gasteiger charge is -2.26. The molecule has 114 valence electrons. The minimum Gasteiger partial charge on any atom is -0.396 e. The molecule has 1 aromatic rings. The second-order valence-corrected chi connectivity index (χ2v) is 8.31. The molecule has 0 aliphatic carbocycles. The maximum atomic E-state index is 12.5. The van der Waals surface area contributed by atoms with Crippen LogP contribution in [0, 0.1) is 5.92 Å². The van der Waals surface area contributed by atoms with Gasteiger partial charge in [-0.1, -0.05) is 0 Å². The Balaban J connectivity index is 2.21. The number of hydrogen-bond acceptors (Lipinski definition) is 4. The highest BCUT2D eigenvalue weighted by Gasteiger charge is 2.41. The van der Waals surface area contributed by atoms with E-state index in [1.54, 1.807) is 18.4 Å². The monoisotopic (exact) mass is 318 g/mol. The van der Waals surface area contributed by atoms with Gasteiger partial charge in [-0.05, 0) is 36.2 Å². The van der Waals surface area contributed by atoms with Gasteiger partial charge in [-0.2, -0.15) is 28.4 Å². The van der Waals surface area contributed by atoms with Crippen LogP contribution in [0.15, 0.2) is 16.8 Å². The molecule has 5 nitrogen and oxygen atoms in total. The lowest BCUT2D eigenvalue weighted by atomic mass is 9.92. The zero-order valence-electron chi connectivity index (χ0n) is 12.1. The molecule has 0 spiro atoms. The lowest BCUT2D eigenvalue weighted by Crippen LogP contribution is -2.44. The third kappa shape index (κ3) is 2.92. The SMILES string of the molecule is CC(C)N(C)S(=O)(=O)N1C[C@H](CO)[C@@H](c2ccsc2)C1. The first-order chi connectivity index (χ1) is 9.37. The normalized spacial score (nSPS) is 24.9. The maximum absolute atomic E-state index is 12.5. The van der Waals surface area contributed by atoms with Gasteiger partial charge in [0, 0.05) is 44.6 Å². The molecule has 1 aromatic heterocycles. The van der Waals surface area contributed by atoms with Crippen molar-refractivity contribution in [1.29, 1.82) is 0 Å². The van der Waals surface area contributed by atoms with Crippen LogP contribution in [0.3, 0.4) is 0 Å². The molecule has 0 bridgehead atoms. The minimum atomic E-state index is -3.45. The van der Waals surface area contributed by atoms with Crippen LogP contribution in [0.1, 0.15) is 25.3 Å². The van der Waals surface area contributed by atoms with Gasteiger partial charge >= 0.3 is 0 Å². The van der Waals surface area contributed by atoms with Gasteiger partial charge in [0.15, 0.2) is 0 Å². The largest absolute Gasteiger partial charge is 0.396 e. The summed E-state index contributed by atoms with van der Waals surface area (Å²) in [5.41, 5.74) is 1.12. The topological polar surface area (TPSA) is 60.9 Å². The molecule has 1 N–H and O–H groups in total. The van der Waals surface area contributed by atoms with Crippen LogP contribution >= 0.6 is 11.3 Å². The molecule has 1 aliphatic rings. The number of hydrogen-bond donors (Lipinski definition) is 1. The Morgan fingerprint density at radius 2 is 2.20 bits per heavy atom. The Labute approximate surface area is 125 Å². The third-order valence-corrected chi connectivity index (χ3v) is 6.83. The molecule has 7 heteroatoms. The number of aliphatic hydroxyl groups excluding tert-OH is 1. The van der Waals surface area contributed by atoms with Crippen LogP contribution in [0.5, 0.6) is 0 Å². The zero-order valence-corrected chi connectivity index (χ0v) is 13.7. The van der Waals surface area contributed by atoms with Crippen molar-refractivity contribution >= 4 is 21.5 Å². The third-order valence-electron chi connectivity index (χ3n) is 4.03. The van der Waals surface area contributed by atoms with Crippen molar-refractivity contribution < 1.29 is 13.5 Å². The summed E-state index contributed by atoms with van der Waals surface area (Å²) in [6, 6.07) is 1.94. The highest BCUT2D eigenvalue weighted by Crippen LogP contribution is 2.35. The van der Waals surface area contributed by atoms with E-state index in [-0.39, 0.29) is 24.5 Å². The predicted octanol–water partition coefficient (Wildman–Crippen LogP) is 1.34. The predicted molar refractivity (Wildman–Crippen MR) is 81.0 cm³/mol. The van der Waals surface area contributed by atoms with Crippen molar-refractivity contribution in [2.75, 3.05) is 26.7 Å². The molecule has 0 saturated carbocycles. The Morgan fingerprint density at radius 1 is 1.50 bits per heavy atom. The van der Waals surface area contributed by atoms with E-state index in [1.807, 2.05) is 30.7 Å². The molecule has 1 saturated heterocycles. The van der Waals surface area contributed by atoms with Gasteiger partial charge in [-0.15, -0.1) is 0 Å². The van der Waals surface area contributed by atoms with Crippen molar-refractivity contribution in [3.8, 4) is 0 Å². The van der Waals surface area contributed by atoms with Crippen molar-refractivity contribution in [3.05, 3.63) is 22.4 Å². The van der Waals surface area contributed by atoms with Crippen molar-refractivity contribution in [3.63, 3.8) is 0 Å². The highest BCUT2D eigenvalue weighted by atomic mass is 32.2. The number of aliphatic hydroxyl groups is 1. The van der Waals surface area contributed by atoms with Crippen molar-refractivity contribution in [2.45, 2.75) is 25.8 Å². The summed E-state index contributed by atoms with van der Waals surface area (Å²) in [6.45, 7) is 4.55. The summed E-state index contributed by atoms with van der Waals surface area (Å²) in [4.78, 5) is 0. The van der Waals surface area contributed by atoms with E-state index >= 15 is 0 Å². The second-order valence-electron chi connectivity index (χ2n) is 5.54. The molecule has 0 aromatic carbocycles. The first kappa shape index (κ1) is 15.9. The smallest absolute Gasteiger partial charge is 0.281 e. The van der Waals surface area contributed by atoms with E-state index in [4.69, 9.17) is 0 Å². The van der Waals surface area contributed by atoms with Gasteiger partial charge in [0.05, 0.1) is 0 Å². The molecule has 0 radical (unpaired) electrons. The van der Waals surface area contributed by atoms with Crippen LogP contribution in [-0.4, -0.2) is 54.9 Å². The summed E-state index contributed by atoms with van der Waals surface area (Å²) in [6.07, 6.45) is 0. The highest BCUT2D eigenvalue weighted by molar-refractivity contribution is 7.86. The molecular weight excluding hydrogens is 296 g/mol. The van der Waals surface area contributed by atoms with Gasteiger partial charge < -0.3 is 5.11 Å². The zero-order chi connectivity index (χ0) is 14.9.